The lowest BCUT2D eigenvalue weighted by atomic mass is 10.5. The molecule has 0 fully saturated rings. The Morgan fingerprint density at radius 3 is 2.10 bits per heavy atom. The lowest BCUT2D eigenvalue weighted by molar-refractivity contribution is 0.155. The summed E-state index contributed by atoms with van der Waals surface area (Å²) < 4.78 is 23.0. The molecule has 0 heterocycles. The summed E-state index contributed by atoms with van der Waals surface area (Å²) in [6.07, 6.45) is -2.55. The predicted octanol–water partition coefficient (Wildman–Crippen LogP) is 2.52. The zero-order chi connectivity index (χ0) is 8.20. The second kappa shape index (κ2) is 3.72. The van der Waals surface area contributed by atoms with Crippen LogP contribution in [0.1, 0.15) is 6.42 Å². The van der Waals surface area contributed by atoms with Gasteiger partial charge in [-0.15, -0.1) is 11.5 Å². The van der Waals surface area contributed by atoms with Gasteiger partial charge in [0.2, 0.25) is 6.43 Å². The smallest absolute Gasteiger partial charge is 0.209 e. The molecule has 0 aliphatic heterocycles. The number of rotatable bonds is 1. The Kier molecular flexibility index (Phi) is 3.58. The van der Waals surface area contributed by atoms with Crippen molar-refractivity contribution < 1.29 is 8.78 Å². The summed E-state index contributed by atoms with van der Waals surface area (Å²) in [6.45, 7) is 6.10. The van der Waals surface area contributed by atoms with Gasteiger partial charge in [-0.05, 0) is 0 Å². The molecule has 0 aromatic rings. The Labute approximate surface area is 61.6 Å². The molecule has 0 rings (SSSR count). The van der Waals surface area contributed by atoms with E-state index in [1.165, 1.54) is 0 Å². The summed E-state index contributed by atoms with van der Waals surface area (Å²) >= 11 is 0. The molecule has 0 aromatic heterocycles. The molecule has 3 heteroatoms. The van der Waals surface area contributed by atoms with E-state index in [0.717, 1.165) is 0 Å². The summed E-state index contributed by atoms with van der Waals surface area (Å²) in [6, 6.07) is 0. The highest BCUT2D eigenvalue weighted by atomic mass is 28.3. The molecule has 0 aliphatic rings. The van der Waals surface area contributed by atoms with Gasteiger partial charge in [0.1, 0.15) is 8.07 Å². The van der Waals surface area contributed by atoms with Crippen LogP contribution in [0.15, 0.2) is 0 Å². The Morgan fingerprint density at radius 1 is 1.30 bits per heavy atom. The first-order valence-corrected chi connectivity index (χ1v) is 6.70. The van der Waals surface area contributed by atoms with Crippen molar-refractivity contribution in [3.8, 4) is 11.5 Å². The van der Waals surface area contributed by atoms with Crippen LogP contribution >= 0.6 is 0 Å². The van der Waals surface area contributed by atoms with Gasteiger partial charge in [-0.2, -0.15) is 0 Å². The first kappa shape index (κ1) is 9.64. The van der Waals surface area contributed by atoms with Gasteiger partial charge in [-0.3, -0.25) is 0 Å². The summed E-state index contributed by atoms with van der Waals surface area (Å²) in [7, 11) is -1.42. The van der Waals surface area contributed by atoms with Crippen molar-refractivity contribution in [2.75, 3.05) is 0 Å². The van der Waals surface area contributed by atoms with Gasteiger partial charge in [0.05, 0.1) is 6.42 Å². The SMILES string of the molecule is C[Si](C)(C)C#CCC(F)F. The van der Waals surface area contributed by atoms with Crippen molar-refractivity contribution in [2.24, 2.45) is 0 Å². The van der Waals surface area contributed by atoms with E-state index >= 15 is 0 Å². The monoisotopic (exact) mass is 162 g/mol. The van der Waals surface area contributed by atoms with Crippen LogP contribution in [0.3, 0.4) is 0 Å². The van der Waals surface area contributed by atoms with Gasteiger partial charge >= 0.3 is 0 Å². The summed E-state index contributed by atoms with van der Waals surface area (Å²) in [4.78, 5) is 0. The molecule has 0 aliphatic carbocycles. The zero-order valence-corrected chi connectivity index (χ0v) is 7.54. The van der Waals surface area contributed by atoms with E-state index in [4.69, 9.17) is 0 Å². The number of hydrogen-bond acceptors (Lipinski definition) is 0. The minimum Gasteiger partial charge on any atom is -0.209 e. The van der Waals surface area contributed by atoms with Gasteiger partial charge in [0.25, 0.3) is 0 Å². The molecule has 0 unspecified atom stereocenters. The average Bonchev–Trinajstić information content (AvgIpc) is 1.59. The van der Waals surface area contributed by atoms with Crippen LogP contribution in [0, 0.1) is 11.5 Å². The van der Waals surface area contributed by atoms with E-state index in [1.54, 1.807) is 0 Å². The maximum absolute atomic E-state index is 11.5. The molecule has 58 valence electrons. The van der Waals surface area contributed by atoms with E-state index in [1.807, 2.05) is 19.6 Å². The van der Waals surface area contributed by atoms with Crippen molar-refractivity contribution in [1.29, 1.82) is 0 Å². The maximum atomic E-state index is 11.5. The third-order valence-corrected chi connectivity index (χ3v) is 1.65. The number of alkyl halides is 2. The van der Waals surface area contributed by atoms with Crippen LogP contribution in [0.2, 0.25) is 19.6 Å². The zero-order valence-electron chi connectivity index (χ0n) is 6.54. The normalized spacial score (nSPS) is 11.0. The van der Waals surface area contributed by atoms with Gasteiger partial charge in [0.15, 0.2) is 0 Å². The fourth-order valence-corrected chi connectivity index (χ4v) is 1.03. The summed E-state index contributed by atoms with van der Waals surface area (Å²) in [5, 5.41) is 0. The highest BCUT2D eigenvalue weighted by Gasteiger charge is 2.07. The van der Waals surface area contributed by atoms with Crippen LogP contribution in [-0.4, -0.2) is 14.5 Å². The Morgan fingerprint density at radius 2 is 1.80 bits per heavy atom. The van der Waals surface area contributed by atoms with Gasteiger partial charge in [-0.1, -0.05) is 19.6 Å². The molecular weight excluding hydrogens is 150 g/mol. The lowest BCUT2D eigenvalue weighted by Gasteiger charge is -2.02. The fourth-order valence-electron chi connectivity index (χ4n) is 0.393. The first-order valence-electron chi connectivity index (χ1n) is 3.20. The molecule has 0 nitrogen and oxygen atoms in total. The third kappa shape index (κ3) is 7.64. The minimum absolute atomic E-state index is 0.274. The van der Waals surface area contributed by atoms with Gasteiger partial charge in [-0.25, -0.2) is 8.78 Å². The standard InChI is InChI=1S/C7H12F2Si/c1-10(2,3)6-4-5-7(8)9/h7H,5H2,1-3H3. The second-order valence-electron chi connectivity index (χ2n) is 3.15. The fraction of sp³-hybridized carbons (Fsp3) is 0.714. The van der Waals surface area contributed by atoms with Crippen molar-refractivity contribution >= 4 is 8.07 Å². The molecule has 0 amide bonds. The van der Waals surface area contributed by atoms with Crippen molar-refractivity contribution in [2.45, 2.75) is 32.5 Å². The molecule has 0 spiro atoms. The van der Waals surface area contributed by atoms with Crippen LogP contribution in [-0.2, 0) is 0 Å². The average molecular weight is 162 g/mol. The Hall–Kier alpha value is -0.363. The maximum Gasteiger partial charge on any atom is 0.249 e. The highest BCUT2D eigenvalue weighted by molar-refractivity contribution is 6.83. The number of halogens is 2. The molecule has 0 saturated carbocycles. The van der Waals surface area contributed by atoms with Crippen molar-refractivity contribution in [1.82, 2.24) is 0 Å². The molecule has 0 bridgehead atoms. The molecule has 0 radical (unpaired) electrons. The van der Waals surface area contributed by atoms with Crippen LogP contribution < -0.4 is 0 Å². The molecule has 0 N–H and O–H groups in total. The minimum atomic E-state index is -2.27. The molecular formula is C7H12F2Si. The van der Waals surface area contributed by atoms with E-state index in [2.05, 4.69) is 11.5 Å². The Bertz CT molecular complexity index is 147. The topological polar surface area (TPSA) is 0 Å². The third-order valence-electron chi connectivity index (χ3n) is 0.720. The van der Waals surface area contributed by atoms with Crippen LogP contribution in [0.5, 0.6) is 0 Å². The van der Waals surface area contributed by atoms with Crippen LogP contribution in [0.4, 0.5) is 8.78 Å². The highest BCUT2D eigenvalue weighted by Crippen LogP contribution is 1.99. The molecule has 0 atom stereocenters. The molecule has 0 aromatic carbocycles. The predicted molar refractivity (Wildman–Crippen MR) is 41.7 cm³/mol. The Balaban J connectivity index is 3.71. The van der Waals surface area contributed by atoms with Crippen LogP contribution in [0.25, 0.3) is 0 Å². The van der Waals surface area contributed by atoms with E-state index in [-0.39, 0.29) is 6.42 Å². The first-order chi connectivity index (χ1) is 4.42. The number of hydrogen-bond donors (Lipinski definition) is 0. The molecule has 10 heavy (non-hydrogen) atoms. The van der Waals surface area contributed by atoms with E-state index < -0.39 is 14.5 Å². The van der Waals surface area contributed by atoms with Gasteiger partial charge in [0, 0.05) is 0 Å². The molecule has 0 saturated heterocycles. The van der Waals surface area contributed by atoms with Gasteiger partial charge < -0.3 is 0 Å². The summed E-state index contributed by atoms with van der Waals surface area (Å²) in [5.41, 5.74) is 2.86. The van der Waals surface area contributed by atoms with E-state index in [0.29, 0.717) is 0 Å². The van der Waals surface area contributed by atoms with Crippen molar-refractivity contribution in [3.05, 3.63) is 0 Å². The van der Waals surface area contributed by atoms with Crippen molar-refractivity contribution in [3.63, 3.8) is 0 Å². The second-order valence-corrected chi connectivity index (χ2v) is 7.90. The summed E-state index contributed by atoms with van der Waals surface area (Å²) in [5.74, 6) is 2.49. The van der Waals surface area contributed by atoms with E-state index in [9.17, 15) is 8.78 Å². The quantitative estimate of drug-likeness (QED) is 0.410. The largest absolute Gasteiger partial charge is 0.249 e. The lowest BCUT2D eigenvalue weighted by Crippen LogP contribution is -2.16.